The third-order valence-corrected chi connectivity index (χ3v) is 4.27. The molecule has 0 unspecified atom stereocenters. The van der Waals surface area contributed by atoms with Gasteiger partial charge in [0.1, 0.15) is 5.82 Å². The molecule has 0 radical (unpaired) electrons. The lowest BCUT2D eigenvalue weighted by Crippen LogP contribution is -2.30. The second-order valence-electron chi connectivity index (χ2n) is 5.25. The van der Waals surface area contributed by atoms with Crippen molar-refractivity contribution in [2.75, 3.05) is 24.2 Å². The van der Waals surface area contributed by atoms with E-state index in [1.807, 2.05) is 0 Å². The van der Waals surface area contributed by atoms with Gasteiger partial charge in [-0.2, -0.15) is 13.2 Å². The number of amides is 1. The smallest absolute Gasteiger partial charge is 0.368 e. The second kappa shape index (κ2) is 9.21. The van der Waals surface area contributed by atoms with Crippen molar-refractivity contribution in [3.8, 4) is 0 Å². The highest BCUT2D eigenvalue weighted by Gasteiger charge is 2.30. The molecule has 0 fully saturated rings. The summed E-state index contributed by atoms with van der Waals surface area (Å²) in [5, 5.41) is 16.0. The SMILES string of the molecule is O=C(CSc1ccc([N+](=O)[O-])cc1)NCCNc1ccc(C(F)(F)F)cn1. The molecule has 1 amide bonds. The molecule has 27 heavy (non-hydrogen) atoms. The maximum Gasteiger partial charge on any atom is 0.417 e. The molecule has 11 heteroatoms. The summed E-state index contributed by atoms with van der Waals surface area (Å²) >= 11 is 1.23. The normalized spacial score (nSPS) is 11.1. The van der Waals surface area contributed by atoms with Gasteiger partial charge in [-0.05, 0) is 24.3 Å². The maximum absolute atomic E-state index is 12.4. The van der Waals surface area contributed by atoms with E-state index in [4.69, 9.17) is 0 Å². The Labute approximate surface area is 156 Å². The molecule has 2 aromatic rings. The summed E-state index contributed by atoms with van der Waals surface area (Å²) in [5.41, 5.74) is -0.851. The lowest BCUT2D eigenvalue weighted by Gasteiger charge is -2.09. The first kappa shape index (κ1) is 20.5. The van der Waals surface area contributed by atoms with E-state index in [9.17, 15) is 28.1 Å². The van der Waals surface area contributed by atoms with Crippen molar-refractivity contribution in [1.29, 1.82) is 0 Å². The van der Waals surface area contributed by atoms with Gasteiger partial charge < -0.3 is 10.6 Å². The fourth-order valence-corrected chi connectivity index (χ4v) is 2.65. The van der Waals surface area contributed by atoms with Crippen LogP contribution >= 0.6 is 11.8 Å². The van der Waals surface area contributed by atoms with E-state index in [-0.39, 0.29) is 29.7 Å². The van der Waals surface area contributed by atoms with Gasteiger partial charge in [-0.1, -0.05) is 0 Å². The van der Waals surface area contributed by atoms with Gasteiger partial charge in [0.05, 0.1) is 16.2 Å². The number of benzene rings is 1. The predicted octanol–water partition coefficient (Wildman–Crippen LogP) is 3.33. The highest BCUT2D eigenvalue weighted by Crippen LogP contribution is 2.28. The minimum absolute atomic E-state index is 0.0215. The molecule has 1 heterocycles. The molecular weight excluding hydrogens is 385 g/mol. The third kappa shape index (κ3) is 6.77. The fourth-order valence-electron chi connectivity index (χ4n) is 1.92. The van der Waals surface area contributed by atoms with E-state index in [0.29, 0.717) is 6.54 Å². The first-order valence-corrected chi connectivity index (χ1v) is 8.65. The number of nitro groups is 1. The summed E-state index contributed by atoms with van der Waals surface area (Å²) in [6.07, 6.45) is -3.69. The van der Waals surface area contributed by atoms with Crippen LogP contribution in [0.2, 0.25) is 0 Å². The molecule has 0 aliphatic carbocycles. The van der Waals surface area contributed by atoms with Crippen molar-refractivity contribution < 1.29 is 22.9 Å². The van der Waals surface area contributed by atoms with E-state index in [2.05, 4.69) is 15.6 Å². The van der Waals surface area contributed by atoms with Crippen LogP contribution in [0.1, 0.15) is 5.56 Å². The third-order valence-electron chi connectivity index (χ3n) is 3.26. The number of aromatic nitrogens is 1. The lowest BCUT2D eigenvalue weighted by atomic mass is 10.3. The Morgan fingerprint density at radius 2 is 1.85 bits per heavy atom. The Morgan fingerprint density at radius 1 is 1.15 bits per heavy atom. The van der Waals surface area contributed by atoms with E-state index in [1.165, 1.54) is 30.0 Å². The van der Waals surface area contributed by atoms with Crippen molar-refractivity contribution in [1.82, 2.24) is 10.3 Å². The quantitative estimate of drug-likeness (QED) is 0.305. The topological polar surface area (TPSA) is 97.2 Å². The Kier molecular flexibility index (Phi) is 6.99. The van der Waals surface area contributed by atoms with Crippen LogP contribution in [-0.2, 0) is 11.0 Å². The first-order valence-electron chi connectivity index (χ1n) is 7.67. The molecular formula is C16H15F3N4O3S. The number of carbonyl (C=O) groups is 1. The Bertz CT molecular complexity index is 783. The zero-order valence-electron chi connectivity index (χ0n) is 13.8. The highest BCUT2D eigenvalue weighted by molar-refractivity contribution is 8.00. The Hall–Kier alpha value is -2.82. The van der Waals surface area contributed by atoms with Crippen LogP contribution in [0, 0.1) is 10.1 Å². The molecule has 7 nitrogen and oxygen atoms in total. The molecule has 2 rings (SSSR count). The standard InChI is InChI=1S/C16H15F3N4O3S/c17-16(18,19)11-1-6-14(22-9-11)20-7-8-21-15(24)10-27-13-4-2-12(3-5-13)23(25)26/h1-6,9H,7-8,10H2,(H,20,22)(H,21,24). The summed E-state index contributed by atoms with van der Waals surface area (Å²) in [4.78, 5) is 26.2. The lowest BCUT2D eigenvalue weighted by molar-refractivity contribution is -0.384. The summed E-state index contributed by atoms with van der Waals surface area (Å²) < 4.78 is 37.3. The van der Waals surface area contributed by atoms with Crippen LogP contribution in [-0.4, -0.2) is 34.7 Å². The number of non-ortho nitro benzene ring substituents is 1. The van der Waals surface area contributed by atoms with E-state index in [0.717, 1.165) is 17.2 Å². The molecule has 0 saturated heterocycles. The molecule has 1 aromatic carbocycles. The molecule has 2 N–H and O–H groups in total. The van der Waals surface area contributed by atoms with E-state index in [1.54, 1.807) is 12.1 Å². The Balaban J connectivity index is 1.66. The molecule has 0 spiro atoms. The molecule has 0 saturated carbocycles. The molecule has 0 bridgehead atoms. The number of hydrogen-bond acceptors (Lipinski definition) is 6. The summed E-state index contributed by atoms with van der Waals surface area (Å²) in [6.45, 7) is 0.564. The first-order chi connectivity index (χ1) is 12.8. The van der Waals surface area contributed by atoms with Gasteiger partial charge in [-0.3, -0.25) is 14.9 Å². The number of nitro benzene ring substituents is 1. The van der Waals surface area contributed by atoms with Gasteiger partial charge in [-0.25, -0.2) is 4.98 Å². The van der Waals surface area contributed by atoms with Crippen LogP contribution in [0.15, 0.2) is 47.5 Å². The maximum atomic E-state index is 12.4. The summed E-state index contributed by atoms with van der Waals surface area (Å²) in [7, 11) is 0. The molecule has 144 valence electrons. The van der Waals surface area contributed by atoms with Crippen molar-refractivity contribution >= 4 is 29.2 Å². The number of thioether (sulfide) groups is 1. The summed E-state index contributed by atoms with van der Waals surface area (Å²) in [6, 6.07) is 7.99. The van der Waals surface area contributed by atoms with Gasteiger partial charge in [0, 0.05) is 36.3 Å². The minimum Gasteiger partial charge on any atom is -0.368 e. The van der Waals surface area contributed by atoms with Crippen LogP contribution in [0.3, 0.4) is 0 Å². The van der Waals surface area contributed by atoms with Gasteiger partial charge in [0.2, 0.25) is 5.91 Å². The summed E-state index contributed by atoms with van der Waals surface area (Å²) in [5.74, 6) is 0.175. The number of rotatable bonds is 8. The minimum atomic E-state index is -4.43. The average molecular weight is 400 g/mol. The number of nitrogens with zero attached hydrogens (tertiary/aromatic N) is 2. The number of alkyl halides is 3. The zero-order chi connectivity index (χ0) is 19.9. The number of carbonyl (C=O) groups excluding carboxylic acids is 1. The Morgan fingerprint density at radius 3 is 2.41 bits per heavy atom. The predicted molar refractivity (Wildman–Crippen MR) is 94.6 cm³/mol. The number of halogens is 3. The van der Waals surface area contributed by atoms with Gasteiger partial charge in [0.15, 0.2) is 0 Å². The highest BCUT2D eigenvalue weighted by atomic mass is 32.2. The second-order valence-corrected chi connectivity index (χ2v) is 6.30. The van der Waals surface area contributed by atoms with E-state index < -0.39 is 16.7 Å². The van der Waals surface area contributed by atoms with Gasteiger partial charge >= 0.3 is 6.18 Å². The molecule has 1 aromatic heterocycles. The van der Waals surface area contributed by atoms with Crippen molar-refractivity contribution in [2.24, 2.45) is 0 Å². The molecule has 0 aliphatic heterocycles. The van der Waals surface area contributed by atoms with Crippen molar-refractivity contribution in [3.05, 3.63) is 58.3 Å². The number of hydrogen-bond donors (Lipinski definition) is 2. The zero-order valence-corrected chi connectivity index (χ0v) is 14.6. The average Bonchev–Trinajstić information content (AvgIpc) is 2.63. The number of anilines is 1. The van der Waals surface area contributed by atoms with Crippen molar-refractivity contribution in [3.63, 3.8) is 0 Å². The molecule has 0 atom stereocenters. The largest absolute Gasteiger partial charge is 0.417 e. The van der Waals surface area contributed by atoms with Crippen LogP contribution < -0.4 is 10.6 Å². The van der Waals surface area contributed by atoms with Gasteiger partial charge in [0.25, 0.3) is 5.69 Å². The monoisotopic (exact) mass is 400 g/mol. The van der Waals surface area contributed by atoms with Crippen LogP contribution in [0.5, 0.6) is 0 Å². The van der Waals surface area contributed by atoms with Crippen LogP contribution in [0.4, 0.5) is 24.7 Å². The van der Waals surface area contributed by atoms with Gasteiger partial charge in [-0.15, -0.1) is 11.8 Å². The molecule has 0 aliphatic rings. The number of nitrogens with one attached hydrogen (secondary N) is 2. The van der Waals surface area contributed by atoms with E-state index >= 15 is 0 Å². The number of pyridine rings is 1. The fraction of sp³-hybridized carbons (Fsp3) is 0.250. The van der Waals surface area contributed by atoms with Crippen molar-refractivity contribution in [2.45, 2.75) is 11.1 Å². The van der Waals surface area contributed by atoms with Crippen LogP contribution in [0.25, 0.3) is 0 Å².